The van der Waals surface area contributed by atoms with E-state index in [4.69, 9.17) is 5.73 Å². The van der Waals surface area contributed by atoms with Crippen LogP contribution in [0.3, 0.4) is 0 Å². The number of H-pyrrole nitrogens is 1. The number of nitrogens with two attached hydrogens (primary N) is 1. The Kier molecular flexibility index (Phi) is 2.13. The van der Waals surface area contributed by atoms with Gasteiger partial charge in [0.15, 0.2) is 0 Å². The second-order valence-electron chi connectivity index (χ2n) is 5.49. The molecule has 0 aromatic carbocycles. The van der Waals surface area contributed by atoms with Crippen LogP contribution < -0.4 is 5.73 Å². The lowest BCUT2D eigenvalue weighted by Crippen LogP contribution is -2.24. The number of aromatic amines is 1. The highest BCUT2D eigenvalue weighted by Crippen LogP contribution is 2.39. The minimum absolute atomic E-state index is 0.248. The quantitative estimate of drug-likeness (QED) is 0.780. The number of nitrogens with one attached hydrogen (secondary N) is 1. The van der Waals surface area contributed by atoms with Crippen LogP contribution in [0.15, 0.2) is 12.3 Å². The van der Waals surface area contributed by atoms with E-state index >= 15 is 0 Å². The van der Waals surface area contributed by atoms with E-state index in [9.17, 15) is 0 Å². The number of hydrogen-bond acceptors (Lipinski definition) is 1. The van der Waals surface area contributed by atoms with E-state index in [-0.39, 0.29) is 5.54 Å². The molecule has 1 atom stereocenters. The summed E-state index contributed by atoms with van der Waals surface area (Å²) in [4.78, 5) is 3.34. The van der Waals surface area contributed by atoms with E-state index < -0.39 is 0 Å². The third kappa shape index (κ3) is 1.96. The van der Waals surface area contributed by atoms with Crippen LogP contribution >= 0.6 is 0 Å². The first-order chi connectivity index (χ1) is 7.25. The average molecular weight is 204 g/mol. The Hall–Kier alpha value is -0.760. The Balaban J connectivity index is 1.57. The topological polar surface area (TPSA) is 41.8 Å². The highest BCUT2D eigenvalue weighted by atomic mass is 14.8. The summed E-state index contributed by atoms with van der Waals surface area (Å²) >= 11 is 0. The molecule has 1 unspecified atom stereocenters. The van der Waals surface area contributed by atoms with Gasteiger partial charge in [0.2, 0.25) is 0 Å². The van der Waals surface area contributed by atoms with Gasteiger partial charge in [-0.15, -0.1) is 0 Å². The van der Waals surface area contributed by atoms with Crippen LogP contribution in [0.25, 0.3) is 0 Å². The zero-order valence-corrected chi connectivity index (χ0v) is 9.26. The van der Waals surface area contributed by atoms with Crippen LogP contribution in [0.4, 0.5) is 0 Å². The second kappa shape index (κ2) is 3.38. The third-order valence-electron chi connectivity index (χ3n) is 4.18. The van der Waals surface area contributed by atoms with Crippen LogP contribution in [-0.4, -0.2) is 10.5 Å². The first-order valence-electron chi connectivity index (χ1n) is 6.19. The average Bonchev–Trinajstić information content (AvgIpc) is 2.80. The Labute approximate surface area is 91.3 Å². The van der Waals surface area contributed by atoms with Crippen LogP contribution in [0, 0.1) is 5.92 Å². The number of rotatable bonds is 3. The zero-order chi connectivity index (χ0) is 10.3. The maximum Gasteiger partial charge on any atom is 0.0179 e. The Morgan fingerprint density at radius 3 is 3.13 bits per heavy atom. The fourth-order valence-electron chi connectivity index (χ4n) is 2.77. The van der Waals surface area contributed by atoms with Crippen molar-refractivity contribution in [2.75, 3.05) is 0 Å². The molecule has 0 amide bonds. The lowest BCUT2D eigenvalue weighted by molar-refractivity contribution is 0.389. The van der Waals surface area contributed by atoms with Gasteiger partial charge in [0.05, 0.1) is 0 Å². The molecule has 15 heavy (non-hydrogen) atoms. The van der Waals surface area contributed by atoms with Crippen LogP contribution in [0.5, 0.6) is 0 Å². The van der Waals surface area contributed by atoms with Crippen LogP contribution in [0.2, 0.25) is 0 Å². The molecule has 2 aliphatic carbocycles. The summed E-state index contributed by atoms with van der Waals surface area (Å²) < 4.78 is 0. The van der Waals surface area contributed by atoms with Gasteiger partial charge >= 0.3 is 0 Å². The van der Waals surface area contributed by atoms with E-state index in [1.54, 1.807) is 5.56 Å². The summed E-state index contributed by atoms with van der Waals surface area (Å²) in [6, 6.07) is 2.25. The lowest BCUT2D eigenvalue weighted by atomic mass is 9.84. The predicted octanol–water partition coefficient (Wildman–Crippen LogP) is 2.39. The minimum Gasteiger partial charge on any atom is -0.365 e. The van der Waals surface area contributed by atoms with E-state index in [0.29, 0.717) is 0 Å². The summed E-state index contributed by atoms with van der Waals surface area (Å²) in [7, 11) is 0. The van der Waals surface area contributed by atoms with Gasteiger partial charge in [-0.3, -0.25) is 0 Å². The zero-order valence-electron chi connectivity index (χ0n) is 9.26. The molecule has 2 nitrogen and oxygen atoms in total. The normalized spacial score (nSPS) is 27.4. The highest BCUT2D eigenvalue weighted by Gasteiger charge is 2.38. The maximum atomic E-state index is 6.13. The standard InChI is InChI=1S/C13H20N2/c14-13(6-7-13)5-3-10-1-2-12-11(9-10)4-8-15-12/h4,8,10,15H,1-3,5-7,9,14H2. The molecule has 1 aromatic heterocycles. The van der Waals surface area contributed by atoms with Crippen molar-refractivity contribution in [2.45, 2.75) is 50.5 Å². The van der Waals surface area contributed by atoms with Crippen molar-refractivity contribution < 1.29 is 0 Å². The molecule has 1 aromatic rings. The predicted molar refractivity (Wildman–Crippen MR) is 61.7 cm³/mol. The van der Waals surface area contributed by atoms with Crippen molar-refractivity contribution in [1.29, 1.82) is 0 Å². The Morgan fingerprint density at radius 2 is 2.33 bits per heavy atom. The van der Waals surface area contributed by atoms with Crippen LogP contribution in [0.1, 0.15) is 43.4 Å². The van der Waals surface area contributed by atoms with E-state index in [2.05, 4.69) is 17.2 Å². The van der Waals surface area contributed by atoms with Crippen molar-refractivity contribution in [3.05, 3.63) is 23.5 Å². The molecule has 1 saturated carbocycles. The molecule has 82 valence electrons. The van der Waals surface area contributed by atoms with Gasteiger partial charge in [-0.1, -0.05) is 0 Å². The molecule has 0 radical (unpaired) electrons. The van der Waals surface area contributed by atoms with Gasteiger partial charge in [0.25, 0.3) is 0 Å². The monoisotopic (exact) mass is 204 g/mol. The number of fused-ring (bicyclic) bond motifs is 1. The first-order valence-corrected chi connectivity index (χ1v) is 6.19. The highest BCUT2D eigenvalue weighted by molar-refractivity contribution is 5.23. The molecule has 3 rings (SSSR count). The number of aromatic nitrogens is 1. The second-order valence-corrected chi connectivity index (χ2v) is 5.49. The summed E-state index contributed by atoms with van der Waals surface area (Å²) in [6.45, 7) is 0. The van der Waals surface area contributed by atoms with Crippen molar-refractivity contribution in [3.63, 3.8) is 0 Å². The third-order valence-corrected chi connectivity index (χ3v) is 4.18. The molecule has 0 aliphatic heterocycles. The molecule has 0 bridgehead atoms. The Morgan fingerprint density at radius 1 is 1.47 bits per heavy atom. The van der Waals surface area contributed by atoms with E-state index in [0.717, 1.165) is 5.92 Å². The van der Waals surface area contributed by atoms with Crippen molar-refractivity contribution in [2.24, 2.45) is 11.7 Å². The number of aryl methyl sites for hydroxylation is 1. The summed E-state index contributed by atoms with van der Waals surface area (Å²) in [5.41, 5.74) is 9.40. The van der Waals surface area contributed by atoms with Gasteiger partial charge in [0, 0.05) is 17.4 Å². The van der Waals surface area contributed by atoms with E-state index in [1.165, 1.54) is 50.6 Å². The molecular weight excluding hydrogens is 184 g/mol. The maximum absolute atomic E-state index is 6.13. The van der Waals surface area contributed by atoms with Gasteiger partial charge in [-0.2, -0.15) is 0 Å². The first kappa shape index (κ1) is 9.46. The molecule has 2 heteroatoms. The summed E-state index contributed by atoms with van der Waals surface area (Å²) in [5, 5.41) is 0. The van der Waals surface area contributed by atoms with Crippen molar-refractivity contribution >= 4 is 0 Å². The number of hydrogen-bond donors (Lipinski definition) is 2. The van der Waals surface area contributed by atoms with E-state index in [1.807, 2.05) is 0 Å². The molecule has 1 fully saturated rings. The fourth-order valence-corrected chi connectivity index (χ4v) is 2.77. The SMILES string of the molecule is NC1(CCC2CCc3[nH]ccc3C2)CC1. The van der Waals surface area contributed by atoms with Crippen LogP contribution in [-0.2, 0) is 12.8 Å². The molecule has 1 heterocycles. The molecule has 0 saturated heterocycles. The molecular formula is C13H20N2. The van der Waals surface area contributed by atoms with Crippen molar-refractivity contribution in [1.82, 2.24) is 4.98 Å². The van der Waals surface area contributed by atoms with Gasteiger partial charge < -0.3 is 10.7 Å². The minimum atomic E-state index is 0.248. The molecule has 0 spiro atoms. The van der Waals surface area contributed by atoms with Gasteiger partial charge in [-0.25, -0.2) is 0 Å². The Bertz CT molecular complexity index is 349. The summed E-state index contributed by atoms with van der Waals surface area (Å²) in [6.07, 6.45) is 11.0. The largest absolute Gasteiger partial charge is 0.365 e. The van der Waals surface area contributed by atoms with Gasteiger partial charge in [-0.05, 0) is 62.5 Å². The fraction of sp³-hybridized carbons (Fsp3) is 0.692. The molecule has 2 aliphatic rings. The lowest BCUT2D eigenvalue weighted by Gasteiger charge is -2.23. The van der Waals surface area contributed by atoms with Gasteiger partial charge in [0.1, 0.15) is 0 Å². The molecule has 3 N–H and O–H groups in total. The van der Waals surface area contributed by atoms with Crippen molar-refractivity contribution in [3.8, 4) is 0 Å². The summed E-state index contributed by atoms with van der Waals surface area (Å²) in [5.74, 6) is 0.884. The smallest absolute Gasteiger partial charge is 0.0179 e.